The number of carbonyl (C=O) groups excluding carboxylic acids is 2. The number of hydrogen-bond acceptors (Lipinski definition) is 6. The summed E-state index contributed by atoms with van der Waals surface area (Å²) in [5, 5.41) is 13.7. The van der Waals surface area contributed by atoms with Gasteiger partial charge in [-0.05, 0) is 37.2 Å². The molecule has 26 heavy (non-hydrogen) atoms. The van der Waals surface area contributed by atoms with E-state index in [1.165, 1.54) is 7.11 Å². The molecule has 0 bridgehead atoms. The maximum Gasteiger partial charge on any atom is 0.412 e. The molecule has 1 aliphatic rings. The zero-order valence-corrected chi connectivity index (χ0v) is 14.8. The van der Waals surface area contributed by atoms with Gasteiger partial charge in [0.1, 0.15) is 6.61 Å². The first-order valence-corrected chi connectivity index (χ1v) is 8.67. The fourth-order valence-corrected chi connectivity index (χ4v) is 3.26. The molecule has 0 aromatic heterocycles. The van der Waals surface area contributed by atoms with Crippen molar-refractivity contribution in [3.8, 4) is 0 Å². The first-order valence-electron chi connectivity index (χ1n) is 8.67. The molecule has 1 aromatic rings. The molecule has 0 heterocycles. The van der Waals surface area contributed by atoms with E-state index in [1.807, 2.05) is 18.2 Å². The number of nitro groups is 1. The molecule has 2 rings (SSSR count). The summed E-state index contributed by atoms with van der Waals surface area (Å²) in [5.41, 5.74) is 0.809. The lowest BCUT2D eigenvalue weighted by Crippen LogP contribution is -2.47. The summed E-state index contributed by atoms with van der Waals surface area (Å²) < 4.78 is 9.73. The summed E-state index contributed by atoms with van der Waals surface area (Å²) >= 11 is 0. The smallest absolute Gasteiger partial charge is 0.412 e. The fraction of sp³-hybridized carbons (Fsp3) is 0.556. The average molecular weight is 364 g/mol. The highest BCUT2D eigenvalue weighted by atomic mass is 16.6. The summed E-state index contributed by atoms with van der Waals surface area (Å²) in [7, 11) is 1.35. The number of benzene rings is 1. The van der Waals surface area contributed by atoms with Gasteiger partial charge < -0.3 is 9.47 Å². The van der Waals surface area contributed by atoms with Crippen LogP contribution in [-0.4, -0.2) is 30.3 Å². The summed E-state index contributed by atoms with van der Waals surface area (Å²) in [6.07, 6.45) is 0.900. The molecule has 0 radical (unpaired) electrons. The topological polar surface area (TPSA) is 108 Å². The molecule has 1 N–H and O–H groups in total. The number of esters is 1. The van der Waals surface area contributed by atoms with Gasteiger partial charge in [0.05, 0.1) is 7.11 Å². The predicted octanol–water partition coefficient (Wildman–Crippen LogP) is 2.89. The van der Waals surface area contributed by atoms with Gasteiger partial charge in [0.15, 0.2) is 0 Å². The van der Waals surface area contributed by atoms with E-state index in [4.69, 9.17) is 4.74 Å². The molecule has 1 amide bonds. The Bertz CT molecular complexity index is 613. The number of rotatable bonds is 7. The zero-order chi connectivity index (χ0) is 18.9. The molecule has 1 aromatic carbocycles. The molecule has 8 heteroatoms. The van der Waals surface area contributed by atoms with Gasteiger partial charge >= 0.3 is 12.1 Å². The Kier molecular flexibility index (Phi) is 7.37. The highest BCUT2D eigenvalue weighted by molar-refractivity contribution is 5.69. The fourth-order valence-electron chi connectivity index (χ4n) is 3.26. The molecule has 1 aliphatic carbocycles. The second kappa shape index (κ2) is 9.74. The highest BCUT2D eigenvalue weighted by Gasteiger charge is 2.36. The van der Waals surface area contributed by atoms with Crippen LogP contribution in [0.15, 0.2) is 30.3 Å². The van der Waals surface area contributed by atoms with Crippen LogP contribution in [0, 0.1) is 22.0 Å². The lowest BCUT2D eigenvalue weighted by molar-refractivity contribution is -0.538. The molecule has 1 saturated carbocycles. The minimum absolute atomic E-state index is 0.0585. The van der Waals surface area contributed by atoms with E-state index in [-0.39, 0.29) is 24.4 Å². The van der Waals surface area contributed by atoms with Crippen LogP contribution in [0.3, 0.4) is 0 Å². The van der Waals surface area contributed by atoms with Crippen LogP contribution in [0.2, 0.25) is 0 Å². The molecular formula is C18H24N2O6. The minimum Gasteiger partial charge on any atom is -0.469 e. The molecule has 0 saturated heterocycles. The number of carbonyl (C=O) groups is 2. The van der Waals surface area contributed by atoms with E-state index in [9.17, 15) is 19.7 Å². The van der Waals surface area contributed by atoms with Crippen molar-refractivity contribution in [3.63, 3.8) is 0 Å². The third kappa shape index (κ3) is 6.02. The van der Waals surface area contributed by atoms with Crippen molar-refractivity contribution in [1.29, 1.82) is 0 Å². The Morgan fingerprint density at radius 2 is 1.88 bits per heavy atom. The average Bonchev–Trinajstić information content (AvgIpc) is 2.65. The van der Waals surface area contributed by atoms with Crippen LogP contribution in [0.4, 0.5) is 4.79 Å². The van der Waals surface area contributed by atoms with E-state index in [2.05, 4.69) is 10.1 Å². The second-order valence-electron chi connectivity index (χ2n) is 6.50. The SMILES string of the molecule is COC(=O)CC1CCC(C(NC(=O)OCc2ccccc2)[N+](=O)[O-])CC1. The van der Waals surface area contributed by atoms with Crippen molar-refractivity contribution < 1.29 is 24.0 Å². The van der Waals surface area contributed by atoms with Crippen LogP contribution in [0.1, 0.15) is 37.7 Å². The summed E-state index contributed by atoms with van der Waals surface area (Å²) in [6.45, 7) is 0.0585. The van der Waals surface area contributed by atoms with E-state index in [1.54, 1.807) is 12.1 Å². The van der Waals surface area contributed by atoms with Crippen molar-refractivity contribution in [2.75, 3.05) is 7.11 Å². The number of hydrogen-bond donors (Lipinski definition) is 1. The van der Waals surface area contributed by atoms with Crippen LogP contribution >= 0.6 is 0 Å². The largest absolute Gasteiger partial charge is 0.469 e. The number of alkyl carbamates (subject to hydrolysis) is 1. The van der Waals surface area contributed by atoms with Gasteiger partial charge in [-0.15, -0.1) is 0 Å². The Balaban J connectivity index is 1.82. The molecule has 1 unspecified atom stereocenters. The van der Waals surface area contributed by atoms with Crippen LogP contribution in [-0.2, 0) is 20.9 Å². The Morgan fingerprint density at radius 1 is 1.23 bits per heavy atom. The normalized spacial score (nSPS) is 20.7. The van der Waals surface area contributed by atoms with Crippen molar-refractivity contribution in [2.45, 2.75) is 44.9 Å². The molecule has 0 aliphatic heterocycles. The second-order valence-corrected chi connectivity index (χ2v) is 6.50. The standard InChI is InChI=1S/C18H24N2O6/c1-25-16(21)11-13-7-9-15(10-8-13)17(20(23)24)19-18(22)26-12-14-5-3-2-4-6-14/h2-6,13,15,17H,7-12H2,1H3,(H,19,22). The Labute approximate surface area is 152 Å². The van der Waals surface area contributed by atoms with Crippen LogP contribution in [0.25, 0.3) is 0 Å². The zero-order valence-electron chi connectivity index (χ0n) is 14.8. The van der Waals surface area contributed by atoms with Gasteiger partial charge in [-0.2, -0.15) is 0 Å². The van der Waals surface area contributed by atoms with Gasteiger partial charge in [0.25, 0.3) is 6.17 Å². The van der Waals surface area contributed by atoms with Crippen LogP contribution < -0.4 is 5.32 Å². The highest BCUT2D eigenvalue weighted by Crippen LogP contribution is 2.33. The molecular weight excluding hydrogens is 340 g/mol. The molecule has 1 atom stereocenters. The molecule has 1 fully saturated rings. The Hall–Kier alpha value is -2.64. The monoisotopic (exact) mass is 364 g/mol. The van der Waals surface area contributed by atoms with E-state index in [0.717, 1.165) is 5.56 Å². The van der Waals surface area contributed by atoms with Gasteiger partial charge in [-0.3, -0.25) is 20.2 Å². The van der Waals surface area contributed by atoms with Crippen LogP contribution in [0.5, 0.6) is 0 Å². The number of ether oxygens (including phenoxy) is 2. The van der Waals surface area contributed by atoms with E-state index >= 15 is 0 Å². The summed E-state index contributed by atoms with van der Waals surface area (Å²) in [6, 6.07) is 9.11. The summed E-state index contributed by atoms with van der Waals surface area (Å²) in [4.78, 5) is 34.2. The lowest BCUT2D eigenvalue weighted by atomic mass is 9.79. The number of methoxy groups -OCH3 is 1. The Morgan fingerprint density at radius 3 is 2.46 bits per heavy atom. The first kappa shape index (κ1) is 19.7. The lowest BCUT2D eigenvalue weighted by Gasteiger charge is -2.29. The maximum atomic E-state index is 11.9. The van der Waals surface area contributed by atoms with Gasteiger partial charge in [0, 0.05) is 17.3 Å². The minimum atomic E-state index is -1.18. The number of amides is 1. The summed E-state index contributed by atoms with van der Waals surface area (Å²) in [5.74, 6) is -0.360. The molecule has 8 nitrogen and oxygen atoms in total. The maximum absolute atomic E-state index is 11.9. The predicted molar refractivity (Wildman–Crippen MR) is 92.6 cm³/mol. The van der Waals surface area contributed by atoms with Crippen molar-refractivity contribution in [2.24, 2.45) is 11.8 Å². The quantitative estimate of drug-likeness (QED) is 0.345. The van der Waals surface area contributed by atoms with E-state index < -0.39 is 17.2 Å². The molecule has 142 valence electrons. The number of nitrogens with zero attached hydrogens (tertiary/aromatic N) is 1. The van der Waals surface area contributed by atoms with Crippen molar-refractivity contribution >= 4 is 12.1 Å². The third-order valence-electron chi connectivity index (χ3n) is 4.73. The first-order chi connectivity index (χ1) is 12.5. The number of nitrogens with one attached hydrogen (secondary N) is 1. The van der Waals surface area contributed by atoms with Gasteiger partial charge in [0.2, 0.25) is 0 Å². The van der Waals surface area contributed by atoms with Gasteiger partial charge in [-0.1, -0.05) is 30.3 Å². The van der Waals surface area contributed by atoms with Crippen molar-refractivity contribution in [3.05, 3.63) is 46.0 Å². The molecule has 0 spiro atoms. The van der Waals surface area contributed by atoms with Crippen molar-refractivity contribution in [1.82, 2.24) is 5.32 Å². The van der Waals surface area contributed by atoms with E-state index in [0.29, 0.717) is 32.1 Å². The van der Waals surface area contributed by atoms with Gasteiger partial charge in [-0.25, -0.2) is 4.79 Å². The third-order valence-corrected chi connectivity index (χ3v) is 4.73.